The number of amides is 1. The third kappa shape index (κ3) is 3.20. The molecule has 25 heavy (non-hydrogen) atoms. The molecule has 1 amide bonds. The van der Waals surface area contributed by atoms with E-state index in [0.717, 1.165) is 15.6 Å². The van der Waals surface area contributed by atoms with Crippen molar-refractivity contribution in [1.82, 2.24) is 4.90 Å². The van der Waals surface area contributed by atoms with Crippen molar-refractivity contribution in [2.24, 2.45) is 0 Å². The quantitative estimate of drug-likeness (QED) is 0.758. The van der Waals surface area contributed by atoms with Crippen LogP contribution in [0.3, 0.4) is 0 Å². The molecule has 0 spiro atoms. The lowest BCUT2D eigenvalue weighted by Crippen LogP contribution is -2.27. The Morgan fingerprint density at radius 3 is 2.68 bits per heavy atom. The lowest BCUT2D eigenvalue weighted by molar-refractivity contribution is 0.0711. The van der Waals surface area contributed by atoms with Crippen LogP contribution >= 0.6 is 15.9 Å². The van der Waals surface area contributed by atoms with Crippen molar-refractivity contribution in [2.45, 2.75) is 19.0 Å². The van der Waals surface area contributed by atoms with Crippen molar-refractivity contribution in [3.8, 4) is 17.6 Å². The predicted octanol–water partition coefficient (Wildman–Crippen LogP) is 4.08. The van der Waals surface area contributed by atoms with Gasteiger partial charge < -0.3 is 14.4 Å². The van der Waals surface area contributed by atoms with Gasteiger partial charge in [0.25, 0.3) is 5.91 Å². The zero-order valence-corrected chi connectivity index (χ0v) is 15.5. The maximum atomic E-state index is 12.9. The van der Waals surface area contributed by atoms with Crippen LogP contribution in [0.1, 0.15) is 33.9 Å². The molecule has 0 radical (unpaired) electrons. The minimum Gasteiger partial charge on any atom is -0.497 e. The standard InChI is InChI=1S/C19H17BrN2O3/c1-24-14-5-3-12(18(10-14)25-2)11-22-17(7-8-21)16-9-13(20)4-6-15(16)19(22)23/h3-6,9-10,17H,7,11H2,1-2H3. The van der Waals surface area contributed by atoms with E-state index in [0.29, 0.717) is 23.6 Å². The summed E-state index contributed by atoms with van der Waals surface area (Å²) in [5.74, 6) is 1.27. The predicted molar refractivity (Wildman–Crippen MR) is 96.5 cm³/mol. The number of nitriles is 1. The first-order valence-corrected chi connectivity index (χ1v) is 8.56. The summed E-state index contributed by atoms with van der Waals surface area (Å²) in [4.78, 5) is 14.6. The van der Waals surface area contributed by atoms with Gasteiger partial charge in [0, 0.05) is 21.7 Å². The Morgan fingerprint density at radius 1 is 1.20 bits per heavy atom. The summed E-state index contributed by atoms with van der Waals surface area (Å²) in [5, 5.41) is 9.22. The summed E-state index contributed by atoms with van der Waals surface area (Å²) in [6, 6.07) is 13.0. The molecule has 3 rings (SSSR count). The summed E-state index contributed by atoms with van der Waals surface area (Å²) in [7, 11) is 3.18. The molecule has 2 aromatic rings. The molecule has 1 aliphatic rings. The molecule has 5 nitrogen and oxygen atoms in total. The number of nitrogens with zero attached hydrogens (tertiary/aromatic N) is 2. The fourth-order valence-electron chi connectivity index (χ4n) is 3.12. The van der Waals surface area contributed by atoms with Crippen LogP contribution in [0.2, 0.25) is 0 Å². The Labute approximate surface area is 154 Å². The molecular weight excluding hydrogens is 384 g/mol. The molecule has 1 aliphatic heterocycles. The maximum Gasteiger partial charge on any atom is 0.255 e. The average Bonchev–Trinajstić information content (AvgIpc) is 2.87. The number of ether oxygens (including phenoxy) is 2. The van der Waals surface area contributed by atoms with E-state index in [1.807, 2.05) is 24.3 Å². The van der Waals surface area contributed by atoms with Gasteiger partial charge in [-0.05, 0) is 35.9 Å². The van der Waals surface area contributed by atoms with Gasteiger partial charge in [0.2, 0.25) is 0 Å². The zero-order chi connectivity index (χ0) is 18.0. The summed E-state index contributed by atoms with van der Waals surface area (Å²) >= 11 is 3.44. The van der Waals surface area contributed by atoms with E-state index >= 15 is 0 Å². The second-order valence-electron chi connectivity index (χ2n) is 5.72. The van der Waals surface area contributed by atoms with Crippen LogP contribution in [0.25, 0.3) is 0 Å². The number of hydrogen-bond acceptors (Lipinski definition) is 4. The third-order valence-electron chi connectivity index (χ3n) is 4.36. The minimum atomic E-state index is -0.267. The molecular formula is C19H17BrN2O3. The number of rotatable bonds is 5. The van der Waals surface area contributed by atoms with E-state index in [-0.39, 0.29) is 18.4 Å². The number of carbonyl (C=O) groups excluding carboxylic acids is 1. The fourth-order valence-corrected chi connectivity index (χ4v) is 3.50. The first-order valence-electron chi connectivity index (χ1n) is 7.77. The molecule has 0 aromatic heterocycles. The third-order valence-corrected chi connectivity index (χ3v) is 4.85. The Balaban J connectivity index is 1.97. The zero-order valence-electron chi connectivity index (χ0n) is 14.0. The van der Waals surface area contributed by atoms with Crippen LogP contribution in [-0.4, -0.2) is 25.0 Å². The van der Waals surface area contributed by atoms with Gasteiger partial charge >= 0.3 is 0 Å². The van der Waals surface area contributed by atoms with E-state index in [2.05, 4.69) is 22.0 Å². The average molecular weight is 401 g/mol. The second-order valence-corrected chi connectivity index (χ2v) is 6.64. The highest BCUT2D eigenvalue weighted by Gasteiger charge is 2.37. The van der Waals surface area contributed by atoms with Crippen molar-refractivity contribution in [3.05, 3.63) is 57.6 Å². The molecule has 1 unspecified atom stereocenters. The fraction of sp³-hybridized carbons (Fsp3) is 0.263. The highest BCUT2D eigenvalue weighted by molar-refractivity contribution is 9.10. The summed E-state index contributed by atoms with van der Waals surface area (Å²) < 4.78 is 11.5. The SMILES string of the molecule is COc1ccc(CN2C(=O)c3ccc(Br)cc3C2CC#N)c(OC)c1. The van der Waals surface area contributed by atoms with Gasteiger partial charge in [-0.3, -0.25) is 4.79 Å². The molecule has 1 atom stereocenters. The Hall–Kier alpha value is -2.52. The van der Waals surface area contributed by atoms with Crippen molar-refractivity contribution in [2.75, 3.05) is 14.2 Å². The summed E-state index contributed by atoms with van der Waals surface area (Å²) in [6.07, 6.45) is 0.244. The van der Waals surface area contributed by atoms with Gasteiger partial charge in [-0.15, -0.1) is 0 Å². The van der Waals surface area contributed by atoms with Gasteiger partial charge in [-0.1, -0.05) is 15.9 Å². The van der Waals surface area contributed by atoms with Gasteiger partial charge in [0.1, 0.15) is 11.5 Å². The lowest BCUT2D eigenvalue weighted by atomic mass is 10.0. The Morgan fingerprint density at radius 2 is 2.00 bits per heavy atom. The van der Waals surface area contributed by atoms with Crippen molar-refractivity contribution in [3.63, 3.8) is 0 Å². The highest BCUT2D eigenvalue weighted by atomic mass is 79.9. The van der Waals surface area contributed by atoms with Crippen LogP contribution in [-0.2, 0) is 6.54 Å². The summed E-state index contributed by atoms with van der Waals surface area (Å²) in [5.41, 5.74) is 2.40. The van der Waals surface area contributed by atoms with Gasteiger partial charge in [0.05, 0.1) is 39.3 Å². The van der Waals surface area contributed by atoms with Crippen molar-refractivity contribution < 1.29 is 14.3 Å². The molecule has 0 aliphatic carbocycles. The largest absolute Gasteiger partial charge is 0.497 e. The van der Waals surface area contributed by atoms with Gasteiger partial charge in [-0.25, -0.2) is 0 Å². The van der Waals surface area contributed by atoms with Crippen LogP contribution < -0.4 is 9.47 Å². The highest BCUT2D eigenvalue weighted by Crippen LogP contribution is 2.39. The van der Waals surface area contributed by atoms with E-state index < -0.39 is 0 Å². The van der Waals surface area contributed by atoms with Gasteiger partial charge in [0.15, 0.2) is 0 Å². The van der Waals surface area contributed by atoms with E-state index in [9.17, 15) is 10.1 Å². The monoisotopic (exact) mass is 400 g/mol. The van der Waals surface area contributed by atoms with E-state index in [4.69, 9.17) is 9.47 Å². The first-order chi connectivity index (χ1) is 12.1. The molecule has 0 N–H and O–H groups in total. The minimum absolute atomic E-state index is 0.0689. The van der Waals surface area contributed by atoms with Crippen LogP contribution in [0, 0.1) is 11.3 Å². The Kier molecular flexibility index (Phi) is 4.95. The van der Waals surface area contributed by atoms with Crippen LogP contribution in [0.4, 0.5) is 0 Å². The van der Waals surface area contributed by atoms with Crippen LogP contribution in [0.15, 0.2) is 40.9 Å². The van der Waals surface area contributed by atoms with Crippen LogP contribution in [0.5, 0.6) is 11.5 Å². The number of methoxy groups -OCH3 is 2. The smallest absolute Gasteiger partial charge is 0.255 e. The molecule has 0 fully saturated rings. The van der Waals surface area contributed by atoms with Crippen molar-refractivity contribution in [1.29, 1.82) is 5.26 Å². The van der Waals surface area contributed by atoms with Gasteiger partial charge in [-0.2, -0.15) is 5.26 Å². The molecule has 2 aromatic carbocycles. The number of benzene rings is 2. The number of carbonyl (C=O) groups is 1. The topological polar surface area (TPSA) is 62.6 Å². The van der Waals surface area contributed by atoms with E-state index in [1.54, 1.807) is 31.3 Å². The summed E-state index contributed by atoms with van der Waals surface area (Å²) in [6.45, 7) is 0.366. The normalized spacial score (nSPS) is 15.7. The second kappa shape index (κ2) is 7.16. The molecule has 0 saturated carbocycles. The first kappa shape index (κ1) is 17.3. The lowest BCUT2D eigenvalue weighted by Gasteiger charge is -2.24. The molecule has 1 heterocycles. The Bertz CT molecular complexity index is 860. The van der Waals surface area contributed by atoms with Crippen molar-refractivity contribution >= 4 is 21.8 Å². The molecule has 0 saturated heterocycles. The van der Waals surface area contributed by atoms with E-state index in [1.165, 1.54) is 0 Å². The maximum absolute atomic E-state index is 12.9. The molecule has 6 heteroatoms. The molecule has 128 valence electrons. The number of halogens is 1. The molecule has 0 bridgehead atoms. The number of hydrogen-bond donors (Lipinski definition) is 0. The number of fused-ring (bicyclic) bond motifs is 1.